The molecule has 0 spiro atoms. The van der Waals surface area contributed by atoms with Crippen LogP contribution >= 0.6 is 0 Å². The van der Waals surface area contributed by atoms with E-state index < -0.39 is 0 Å². The van der Waals surface area contributed by atoms with Gasteiger partial charge >= 0.3 is 0 Å². The Morgan fingerprint density at radius 2 is 0.551 bits per heavy atom. The Balaban J connectivity index is 0.693. The predicted molar refractivity (Wildman–Crippen MR) is 494 cm³/mol. The first kappa shape index (κ1) is 69.8. The smallest absolute Gasteiger partial charge is 0.143 e. The topological polar surface area (TPSA) is 32.8 Å². The minimum atomic E-state index is -0.363. The normalized spacial score (nSPS) is 12.9. The number of anilines is 6. The van der Waals surface area contributed by atoms with E-state index in [0.717, 1.165) is 178 Å². The predicted octanol–water partition coefficient (Wildman–Crippen LogP) is 32.0. The molecule has 0 amide bonds. The monoisotopic (exact) mass is 1510 g/mol. The molecule has 2 heterocycles. The lowest BCUT2D eigenvalue weighted by Gasteiger charge is -2.32. The molecule has 0 saturated carbocycles. The van der Waals surface area contributed by atoms with Crippen LogP contribution in [0.15, 0.2) is 421 Å². The standard InChI is InChI=1S/C114H80N2O2/c1-113(2)100-56-22-18-44-88(100)98-71-81(63-66-101(98)113)115(80-41-27-40-79(69-80)87-52-28-54-96-91-46-20-24-60-107(91)117-111(87)96)105-58-30-50-85(74-34-10-6-11-35-74)109(105)94-49-17-15-43-84(94)78-39-26-38-76(68-78)77-62-65-89-99-72-82(64-67-102(99)114(3,4)103(89)70-77)116(104-57-23-19-45-90(104)95-53-29-55-97-92-47-21-25-61-108(92)118-112(95)97)106-59-31-51-86(75-36-12-7-13-37-75)110(106)93-48-16-14-42-83(93)73-32-8-5-9-33-73/h5-72H,1-4H3. The molecule has 0 saturated heterocycles. The first-order chi connectivity index (χ1) is 58.1. The summed E-state index contributed by atoms with van der Waals surface area (Å²) >= 11 is 0. The maximum Gasteiger partial charge on any atom is 0.143 e. The average molecular weight is 1510 g/mol. The van der Waals surface area contributed by atoms with Gasteiger partial charge < -0.3 is 18.6 Å². The lowest BCUT2D eigenvalue weighted by Crippen LogP contribution is -2.16. The second-order valence-corrected chi connectivity index (χ2v) is 32.5. The van der Waals surface area contributed by atoms with Gasteiger partial charge in [0.2, 0.25) is 0 Å². The number of fused-ring (bicyclic) bond motifs is 12. The minimum absolute atomic E-state index is 0.176. The van der Waals surface area contributed by atoms with E-state index in [1.165, 1.54) is 44.5 Å². The zero-order valence-electron chi connectivity index (χ0n) is 66.0. The zero-order valence-corrected chi connectivity index (χ0v) is 66.0. The molecule has 0 bridgehead atoms. The maximum absolute atomic E-state index is 6.92. The van der Waals surface area contributed by atoms with Crippen molar-refractivity contribution in [3.8, 4) is 122 Å². The lowest BCUT2D eigenvalue weighted by atomic mass is 9.81. The molecule has 22 rings (SSSR count). The quantitative estimate of drug-likeness (QED) is 0.102. The summed E-state index contributed by atoms with van der Waals surface area (Å²) in [5.41, 5.74) is 39.5. The lowest BCUT2D eigenvalue weighted by molar-refractivity contribution is 0.660. The van der Waals surface area contributed by atoms with Gasteiger partial charge in [0.25, 0.3) is 0 Å². The van der Waals surface area contributed by atoms with E-state index >= 15 is 0 Å². The molecule has 2 aliphatic rings. The molecule has 558 valence electrons. The molecule has 2 aromatic heterocycles. The number of benzene rings is 18. The van der Waals surface area contributed by atoms with Crippen LogP contribution in [-0.2, 0) is 10.8 Å². The summed E-state index contributed by atoms with van der Waals surface area (Å²) in [6.45, 7) is 9.53. The maximum atomic E-state index is 6.92. The van der Waals surface area contributed by atoms with Crippen LogP contribution < -0.4 is 9.80 Å². The molecule has 118 heavy (non-hydrogen) atoms. The summed E-state index contributed by atoms with van der Waals surface area (Å²) in [6, 6.07) is 152. The van der Waals surface area contributed by atoms with Crippen molar-refractivity contribution in [2.75, 3.05) is 9.80 Å². The second kappa shape index (κ2) is 28.0. The van der Waals surface area contributed by atoms with Gasteiger partial charge in [-0.3, -0.25) is 0 Å². The van der Waals surface area contributed by atoms with E-state index in [-0.39, 0.29) is 10.8 Å². The first-order valence-electron chi connectivity index (χ1n) is 40.9. The molecule has 0 unspecified atom stereocenters. The molecule has 0 aliphatic heterocycles. The average Bonchev–Trinajstić information content (AvgIpc) is 1.58. The molecule has 0 atom stereocenters. The highest BCUT2D eigenvalue weighted by molar-refractivity contribution is 6.13. The Morgan fingerprint density at radius 1 is 0.186 bits per heavy atom. The molecule has 0 radical (unpaired) electrons. The third-order valence-corrected chi connectivity index (χ3v) is 25.1. The summed E-state index contributed by atoms with van der Waals surface area (Å²) < 4.78 is 13.7. The van der Waals surface area contributed by atoms with Gasteiger partial charge in [-0.1, -0.05) is 361 Å². The van der Waals surface area contributed by atoms with Crippen molar-refractivity contribution < 1.29 is 8.83 Å². The first-order valence-corrected chi connectivity index (χ1v) is 40.9. The third kappa shape index (κ3) is 11.4. The fourth-order valence-electron chi connectivity index (χ4n) is 19.5. The van der Waals surface area contributed by atoms with Crippen LogP contribution in [0.1, 0.15) is 49.9 Å². The van der Waals surface area contributed by atoms with Gasteiger partial charge in [-0.25, -0.2) is 0 Å². The summed E-state index contributed by atoms with van der Waals surface area (Å²) in [4.78, 5) is 5.03. The molecular weight excluding hydrogens is 1430 g/mol. The molecule has 4 heteroatoms. The number of hydrogen-bond acceptors (Lipinski definition) is 4. The molecule has 20 aromatic rings. The number of nitrogens with zero attached hydrogens (tertiary/aromatic N) is 2. The van der Waals surface area contributed by atoms with Crippen LogP contribution in [0.4, 0.5) is 34.1 Å². The van der Waals surface area contributed by atoms with Gasteiger partial charge in [0.05, 0.1) is 17.1 Å². The van der Waals surface area contributed by atoms with Crippen molar-refractivity contribution in [2.24, 2.45) is 0 Å². The van der Waals surface area contributed by atoms with E-state index in [2.05, 4.69) is 444 Å². The minimum Gasteiger partial charge on any atom is -0.455 e. The largest absolute Gasteiger partial charge is 0.455 e. The van der Waals surface area contributed by atoms with Gasteiger partial charge in [-0.15, -0.1) is 0 Å². The van der Waals surface area contributed by atoms with E-state index in [9.17, 15) is 0 Å². The molecule has 0 N–H and O–H groups in total. The second-order valence-electron chi connectivity index (χ2n) is 32.5. The van der Waals surface area contributed by atoms with Crippen LogP contribution in [0, 0.1) is 0 Å². The van der Waals surface area contributed by atoms with Crippen molar-refractivity contribution in [1.82, 2.24) is 0 Å². The number of hydrogen-bond donors (Lipinski definition) is 0. The molecule has 18 aromatic carbocycles. The Bertz CT molecular complexity index is 7380. The van der Waals surface area contributed by atoms with Crippen molar-refractivity contribution >= 4 is 78.0 Å². The van der Waals surface area contributed by atoms with Gasteiger partial charge in [-0.05, 0) is 196 Å². The van der Waals surface area contributed by atoms with Gasteiger partial charge in [0.15, 0.2) is 0 Å². The van der Waals surface area contributed by atoms with E-state index in [4.69, 9.17) is 8.83 Å². The molecule has 0 fully saturated rings. The van der Waals surface area contributed by atoms with E-state index in [0.29, 0.717) is 0 Å². The highest BCUT2D eigenvalue weighted by Gasteiger charge is 2.39. The summed E-state index contributed by atoms with van der Waals surface area (Å²) in [5.74, 6) is 0. The number of rotatable bonds is 15. The van der Waals surface area contributed by atoms with E-state index in [1.807, 2.05) is 6.07 Å². The third-order valence-electron chi connectivity index (χ3n) is 25.1. The SMILES string of the molecule is CC1(C)c2ccccc2-c2cc(N(c3cccc(-c4cccc5c4oc4ccccc45)c3)c3cccc(-c4ccccc4)c3-c3ccccc3-c3cccc(-c4ccc5c(c4)C(C)(C)c4ccc(N(c6ccccc6-c6cccc7c6oc6ccccc67)c6cccc(-c7ccccc7)c6-c6ccccc6-c6ccccc6)cc4-5)c3)ccc21. The van der Waals surface area contributed by atoms with Crippen LogP contribution in [0.5, 0.6) is 0 Å². The van der Waals surface area contributed by atoms with Crippen molar-refractivity contribution in [1.29, 1.82) is 0 Å². The Morgan fingerprint density at radius 3 is 1.16 bits per heavy atom. The Hall–Kier alpha value is -14.8. The van der Waals surface area contributed by atoms with Gasteiger partial charge in [-0.2, -0.15) is 0 Å². The zero-order chi connectivity index (χ0) is 78.7. The van der Waals surface area contributed by atoms with Crippen LogP contribution in [0.25, 0.3) is 166 Å². The van der Waals surface area contributed by atoms with Gasteiger partial charge in [0.1, 0.15) is 22.3 Å². The Labute approximate surface area is 687 Å². The molecular formula is C114H80N2O2. The fraction of sp³-hybridized carbons (Fsp3) is 0.0526. The highest BCUT2D eigenvalue weighted by Crippen LogP contribution is 2.58. The molecule has 2 aliphatic carbocycles. The summed E-state index contributed by atoms with van der Waals surface area (Å²) in [5, 5.41) is 4.39. The number of furan rings is 2. The summed E-state index contributed by atoms with van der Waals surface area (Å²) in [6.07, 6.45) is 0. The van der Waals surface area contributed by atoms with Crippen molar-refractivity contribution in [3.63, 3.8) is 0 Å². The Kier molecular flexibility index (Phi) is 16.6. The fourth-order valence-corrected chi connectivity index (χ4v) is 19.5. The van der Waals surface area contributed by atoms with E-state index in [1.54, 1.807) is 0 Å². The number of para-hydroxylation sites is 5. The molecule has 4 nitrogen and oxygen atoms in total. The van der Waals surface area contributed by atoms with Gasteiger partial charge in [0, 0.05) is 77.3 Å². The highest BCUT2D eigenvalue weighted by atomic mass is 16.3. The van der Waals surface area contributed by atoms with Crippen molar-refractivity contribution in [3.05, 3.63) is 435 Å². The summed E-state index contributed by atoms with van der Waals surface area (Å²) in [7, 11) is 0. The van der Waals surface area contributed by atoms with Crippen molar-refractivity contribution in [2.45, 2.75) is 38.5 Å². The van der Waals surface area contributed by atoms with Crippen LogP contribution in [0.3, 0.4) is 0 Å². The van der Waals surface area contributed by atoms with Crippen LogP contribution in [-0.4, -0.2) is 0 Å². The van der Waals surface area contributed by atoms with Crippen LogP contribution in [0.2, 0.25) is 0 Å².